The highest BCUT2D eigenvalue weighted by atomic mass is 32.1. The lowest BCUT2D eigenvalue weighted by Crippen LogP contribution is -2.14. The standard InChI is InChI=1S/C16H17N3OS2/c1-16(2,3)12-6-4-11(5-7-12)14(20)19-15-18-13(9-22-15)8-17-10-21/h4-7,9H,8H2,1-3H3,(H,18,19,20). The summed E-state index contributed by atoms with van der Waals surface area (Å²) < 4.78 is 0. The zero-order valence-corrected chi connectivity index (χ0v) is 14.3. The Morgan fingerprint density at radius 2 is 2.05 bits per heavy atom. The number of carbonyl (C=O) groups excluding carboxylic acids is 1. The maximum atomic E-state index is 12.2. The van der Waals surface area contributed by atoms with Crippen LogP contribution >= 0.6 is 23.6 Å². The van der Waals surface area contributed by atoms with E-state index in [0.29, 0.717) is 17.2 Å². The van der Waals surface area contributed by atoms with Crippen molar-refractivity contribution in [3.63, 3.8) is 0 Å². The second-order valence-corrected chi connectivity index (χ2v) is 6.87. The van der Waals surface area contributed by atoms with Gasteiger partial charge in [-0.2, -0.15) is 0 Å². The predicted molar refractivity (Wildman–Crippen MR) is 93.9 cm³/mol. The summed E-state index contributed by atoms with van der Waals surface area (Å²) in [6.07, 6.45) is 0. The molecule has 0 spiro atoms. The fraction of sp³-hybridized carbons (Fsp3) is 0.312. The molecule has 6 heteroatoms. The van der Waals surface area contributed by atoms with Gasteiger partial charge in [-0.1, -0.05) is 32.9 Å². The zero-order valence-electron chi connectivity index (χ0n) is 12.7. The number of carbonyl (C=O) groups is 1. The number of hydrogen-bond acceptors (Lipinski definition) is 5. The molecule has 0 bridgehead atoms. The van der Waals surface area contributed by atoms with Gasteiger partial charge in [-0.3, -0.25) is 10.1 Å². The molecule has 1 heterocycles. The molecular weight excluding hydrogens is 314 g/mol. The highest BCUT2D eigenvalue weighted by molar-refractivity contribution is 7.78. The minimum atomic E-state index is -0.167. The number of hydrogen-bond donors (Lipinski definition) is 1. The Labute approximate surface area is 139 Å². The molecule has 22 heavy (non-hydrogen) atoms. The average molecular weight is 331 g/mol. The number of anilines is 1. The average Bonchev–Trinajstić information content (AvgIpc) is 2.92. The first-order valence-electron chi connectivity index (χ1n) is 6.80. The first-order valence-corrected chi connectivity index (χ1v) is 8.09. The van der Waals surface area contributed by atoms with Gasteiger partial charge < -0.3 is 0 Å². The minimum Gasteiger partial charge on any atom is -0.298 e. The number of rotatable bonds is 4. The van der Waals surface area contributed by atoms with Crippen LogP contribution in [0.4, 0.5) is 5.13 Å². The normalized spacial score (nSPS) is 10.9. The Morgan fingerprint density at radius 1 is 1.36 bits per heavy atom. The van der Waals surface area contributed by atoms with Gasteiger partial charge in [0.25, 0.3) is 5.91 Å². The highest BCUT2D eigenvalue weighted by Crippen LogP contribution is 2.23. The van der Waals surface area contributed by atoms with Crippen molar-refractivity contribution in [2.24, 2.45) is 4.99 Å². The van der Waals surface area contributed by atoms with E-state index in [1.807, 2.05) is 29.6 Å². The van der Waals surface area contributed by atoms with Gasteiger partial charge in [0.15, 0.2) is 5.13 Å². The summed E-state index contributed by atoms with van der Waals surface area (Å²) in [7, 11) is 0. The second kappa shape index (κ2) is 6.92. The quantitative estimate of drug-likeness (QED) is 0.671. The summed E-state index contributed by atoms with van der Waals surface area (Å²) in [5.41, 5.74) is 2.64. The highest BCUT2D eigenvalue weighted by Gasteiger charge is 2.14. The molecule has 0 aliphatic carbocycles. The van der Waals surface area contributed by atoms with Crippen molar-refractivity contribution < 1.29 is 4.79 Å². The Balaban J connectivity index is 2.05. The van der Waals surface area contributed by atoms with E-state index in [1.54, 1.807) is 0 Å². The lowest BCUT2D eigenvalue weighted by Gasteiger charge is -2.18. The van der Waals surface area contributed by atoms with Crippen molar-refractivity contribution in [3.05, 3.63) is 46.5 Å². The van der Waals surface area contributed by atoms with Gasteiger partial charge in [0, 0.05) is 10.9 Å². The van der Waals surface area contributed by atoms with E-state index in [9.17, 15) is 4.79 Å². The molecule has 1 amide bonds. The van der Waals surface area contributed by atoms with Crippen molar-refractivity contribution in [3.8, 4) is 0 Å². The van der Waals surface area contributed by atoms with Crippen molar-refractivity contribution in [2.75, 3.05) is 5.32 Å². The molecule has 1 aromatic heterocycles. The number of benzene rings is 1. The number of nitrogens with zero attached hydrogens (tertiary/aromatic N) is 2. The Bertz CT molecular complexity index is 708. The lowest BCUT2D eigenvalue weighted by molar-refractivity contribution is 0.102. The van der Waals surface area contributed by atoms with Crippen molar-refractivity contribution in [1.82, 2.24) is 4.98 Å². The molecule has 0 atom stereocenters. The molecule has 2 rings (SSSR count). The molecule has 0 radical (unpaired) electrons. The predicted octanol–water partition coefficient (Wildman–Crippen LogP) is 4.30. The summed E-state index contributed by atoms with van der Waals surface area (Å²) in [4.78, 5) is 20.3. The summed E-state index contributed by atoms with van der Waals surface area (Å²) >= 11 is 5.88. The fourth-order valence-corrected chi connectivity index (χ4v) is 2.60. The second-order valence-electron chi connectivity index (χ2n) is 5.83. The Hall–Kier alpha value is -1.88. The summed E-state index contributed by atoms with van der Waals surface area (Å²) in [5, 5.41) is 7.49. The molecule has 0 unspecified atom stereocenters. The Morgan fingerprint density at radius 3 is 2.64 bits per heavy atom. The number of thiazole rings is 1. The third-order valence-corrected chi connectivity index (χ3v) is 4.03. The molecule has 1 N–H and O–H groups in total. The molecule has 0 aliphatic heterocycles. The zero-order chi connectivity index (χ0) is 16.2. The summed E-state index contributed by atoms with van der Waals surface area (Å²) in [5.74, 6) is -0.167. The molecule has 0 fully saturated rings. The number of amides is 1. The van der Waals surface area contributed by atoms with E-state index in [-0.39, 0.29) is 11.3 Å². The number of aliphatic imine (C=N–C) groups is 1. The number of aromatic nitrogens is 1. The van der Waals surface area contributed by atoms with Crippen LogP contribution in [0.1, 0.15) is 42.4 Å². The molecule has 4 nitrogen and oxygen atoms in total. The van der Waals surface area contributed by atoms with Gasteiger partial charge >= 0.3 is 0 Å². The van der Waals surface area contributed by atoms with E-state index >= 15 is 0 Å². The van der Waals surface area contributed by atoms with Crippen molar-refractivity contribution >= 4 is 39.8 Å². The molecular formula is C16H17N3OS2. The van der Waals surface area contributed by atoms with Gasteiger partial charge in [-0.25, -0.2) is 9.98 Å². The van der Waals surface area contributed by atoms with Crippen LogP contribution in [0.3, 0.4) is 0 Å². The van der Waals surface area contributed by atoms with E-state index in [1.165, 1.54) is 16.9 Å². The number of isothiocyanates is 1. The van der Waals surface area contributed by atoms with Gasteiger partial charge in [0.05, 0.1) is 17.4 Å². The van der Waals surface area contributed by atoms with E-state index in [2.05, 4.69) is 53.4 Å². The van der Waals surface area contributed by atoms with Crippen LogP contribution in [0.5, 0.6) is 0 Å². The molecule has 0 aliphatic rings. The molecule has 1 aromatic carbocycles. The van der Waals surface area contributed by atoms with Gasteiger partial charge in [0.2, 0.25) is 0 Å². The maximum absolute atomic E-state index is 12.2. The minimum absolute atomic E-state index is 0.0709. The van der Waals surface area contributed by atoms with Gasteiger partial charge in [-0.15, -0.1) is 11.3 Å². The first kappa shape index (κ1) is 16.5. The van der Waals surface area contributed by atoms with E-state index < -0.39 is 0 Å². The Kier molecular flexibility index (Phi) is 5.19. The van der Waals surface area contributed by atoms with Crippen LogP contribution in [0.25, 0.3) is 0 Å². The topological polar surface area (TPSA) is 54.4 Å². The monoisotopic (exact) mass is 331 g/mol. The molecule has 0 saturated heterocycles. The lowest BCUT2D eigenvalue weighted by atomic mass is 9.87. The first-order chi connectivity index (χ1) is 10.4. The summed E-state index contributed by atoms with van der Waals surface area (Å²) in [6, 6.07) is 7.63. The summed E-state index contributed by atoms with van der Waals surface area (Å²) in [6.45, 7) is 6.81. The van der Waals surface area contributed by atoms with Crippen molar-refractivity contribution in [2.45, 2.75) is 32.7 Å². The van der Waals surface area contributed by atoms with E-state index in [4.69, 9.17) is 0 Å². The van der Waals surface area contributed by atoms with Crippen LogP contribution in [0.15, 0.2) is 34.6 Å². The van der Waals surface area contributed by atoms with Crippen LogP contribution < -0.4 is 5.32 Å². The van der Waals surface area contributed by atoms with Gasteiger partial charge in [-0.05, 0) is 35.3 Å². The fourth-order valence-electron chi connectivity index (χ4n) is 1.84. The number of nitrogens with one attached hydrogen (secondary N) is 1. The van der Waals surface area contributed by atoms with Crippen LogP contribution in [0.2, 0.25) is 0 Å². The number of thiocarbonyl (C=S) groups is 1. The molecule has 2 aromatic rings. The molecule has 0 saturated carbocycles. The third-order valence-electron chi connectivity index (χ3n) is 3.09. The van der Waals surface area contributed by atoms with Crippen LogP contribution in [-0.4, -0.2) is 16.1 Å². The van der Waals surface area contributed by atoms with Crippen LogP contribution in [-0.2, 0) is 12.0 Å². The third kappa shape index (κ3) is 4.31. The molecule has 114 valence electrons. The largest absolute Gasteiger partial charge is 0.298 e. The SMILES string of the molecule is CC(C)(C)c1ccc(C(=O)Nc2nc(CN=C=S)cs2)cc1. The smallest absolute Gasteiger partial charge is 0.257 e. The maximum Gasteiger partial charge on any atom is 0.257 e. The van der Waals surface area contributed by atoms with Gasteiger partial charge in [0.1, 0.15) is 0 Å². The van der Waals surface area contributed by atoms with Crippen LogP contribution in [0, 0.1) is 0 Å². The van der Waals surface area contributed by atoms with E-state index in [0.717, 1.165) is 5.69 Å². The van der Waals surface area contributed by atoms with Crippen molar-refractivity contribution in [1.29, 1.82) is 0 Å².